The van der Waals surface area contributed by atoms with Crippen LogP contribution in [-0.2, 0) is 14.4 Å². The van der Waals surface area contributed by atoms with E-state index < -0.39 is 18.0 Å². The average Bonchev–Trinajstić information content (AvgIpc) is 2.33. The minimum atomic E-state index is -1.32. The van der Waals surface area contributed by atoms with E-state index in [-0.39, 0.29) is 76.6 Å². The fraction of sp³-hybridized carbons (Fsp3) is 0.769. The molecule has 20 heavy (non-hydrogen) atoms. The van der Waals surface area contributed by atoms with Gasteiger partial charge in [0.1, 0.15) is 6.04 Å². The zero-order chi connectivity index (χ0) is 14.7. The Morgan fingerprint density at radius 2 is 1.70 bits per heavy atom. The summed E-state index contributed by atoms with van der Waals surface area (Å²) in [4.78, 5) is 32.6. The first-order valence-corrected chi connectivity index (χ1v) is 6.69. The number of amides is 1. The first-order chi connectivity index (χ1) is 8.97. The molecular formula is C13H22KNO5. The van der Waals surface area contributed by atoms with E-state index >= 15 is 0 Å². The number of aliphatic carboxylic acids is 2. The number of unbranched alkanes of at least 4 members (excludes halogenated alkanes) is 4. The van der Waals surface area contributed by atoms with Crippen molar-refractivity contribution in [3.8, 4) is 0 Å². The van der Waals surface area contributed by atoms with Crippen LogP contribution >= 0.6 is 0 Å². The molecule has 0 saturated carbocycles. The van der Waals surface area contributed by atoms with E-state index in [1.807, 2.05) is 0 Å². The van der Waals surface area contributed by atoms with Gasteiger partial charge in [0.05, 0.1) is 0 Å². The molecular weight excluding hydrogens is 289 g/mol. The zero-order valence-corrected chi connectivity index (χ0v) is 15.4. The molecule has 7 heteroatoms. The molecule has 0 heterocycles. The van der Waals surface area contributed by atoms with Gasteiger partial charge in [-0.25, -0.2) is 4.79 Å². The predicted octanol–water partition coefficient (Wildman–Crippen LogP) is -2.55. The summed E-state index contributed by atoms with van der Waals surface area (Å²) in [6, 6.07) is -1.15. The Hall–Kier alpha value is 0.0464. The molecule has 110 valence electrons. The molecule has 0 aliphatic carbocycles. The van der Waals surface area contributed by atoms with Gasteiger partial charge in [-0.2, -0.15) is 0 Å². The third-order valence-corrected chi connectivity index (χ3v) is 2.78. The molecule has 0 radical (unpaired) electrons. The number of rotatable bonds is 11. The van der Waals surface area contributed by atoms with Gasteiger partial charge < -0.3 is 20.3 Å². The molecule has 0 rings (SSSR count). The van der Waals surface area contributed by atoms with Gasteiger partial charge in [0, 0.05) is 12.4 Å². The van der Waals surface area contributed by atoms with Gasteiger partial charge in [0.15, 0.2) is 0 Å². The van der Waals surface area contributed by atoms with Crippen LogP contribution < -0.4 is 61.8 Å². The van der Waals surface area contributed by atoms with Gasteiger partial charge >= 0.3 is 57.4 Å². The molecule has 0 aromatic heterocycles. The van der Waals surface area contributed by atoms with Gasteiger partial charge in [-0.3, -0.25) is 4.79 Å². The molecule has 0 aliphatic heterocycles. The van der Waals surface area contributed by atoms with E-state index in [2.05, 4.69) is 12.2 Å². The van der Waals surface area contributed by atoms with E-state index in [0.29, 0.717) is 0 Å². The molecule has 0 unspecified atom stereocenters. The summed E-state index contributed by atoms with van der Waals surface area (Å²) < 4.78 is 0. The van der Waals surface area contributed by atoms with Crippen LogP contribution in [0.4, 0.5) is 0 Å². The van der Waals surface area contributed by atoms with Gasteiger partial charge in [0.25, 0.3) is 0 Å². The second kappa shape index (κ2) is 14.0. The quantitative estimate of drug-likeness (QED) is 0.323. The molecule has 0 fully saturated rings. The fourth-order valence-corrected chi connectivity index (χ4v) is 1.68. The van der Waals surface area contributed by atoms with Crippen LogP contribution in [0.25, 0.3) is 0 Å². The van der Waals surface area contributed by atoms with Crippen molar-refractivity contribution < 1.29 is 76.0 Å². The Balaban J connectivity index is 0. The Morgan fingerprint density at radius 3 is 2.20 bits per heavy atom. The Kier molecular flexibility index (Phi) is 15.6. The number of hydrogen-bond donors (Lipinski definition) is 2. The average molecular weight is 311 g/mol. The maximum Gasteiger partial charge on any atom is 1.00 e. The smallest absolute Gasteiger partial charge is 0.550 e. The van der Waals surface area contributed by atoms with E-state index in [0.717, 1.165) is 32.1 Å². The Bertz CT molecular complexity index is 309. The topological polar surface area (TPSA) is 107 Å². The van der Waals surface area contributed by atoms with Crippen molar-refractivity contribution in [1.82, 2.24) is 5.32 Å². The number of carboxylic acids is 2. The van der Waals surface area contributed by atoms with Crippen molar-refractivity contribution >= 4 is 17.8 Å². The summed E-state index contributed by atoms with van der Waals surface area (Å²) in [5.74, 6) is -2.89. The Morgan fingerprint density at radius 1 is 1.10 bits per heavy atom. The summed E-state index contributed by atoms with van der Waals surface area (Å²) >= 11 is 0. The summed E-state index contributed by atoms with van der Waals surface area (Å²) in [7, 11) is 0. The maximum absolute atomic E-state index is 11.5. The van der Waals surface area contributed by atoms with E-state index in [1.54, 1.807) is 0 Å². The summed E-state index contributed by atoms with van der Waals surface area (Å²) in [5, 5.41) is 21.4. The normalized spacial score (nSPS) is 11.2. The minimum absolute atomic E-state index is 0. The number of carboxylic acid groups (broad SMARTS) is 2. The van der Waals surface area contributed by atoms with Crippen LogP contribution in [0.3, 0.4) is 0 Å². The third-order valence-electron chi connectivity index (χ3n) is 2.78. The second-order valence-corrected chi connectivity index (χ2v) is 4.53. The monoisotopic (exact) mass is 311 g/mol. The first kappa shape index (κ1) is 22.3. The van der Waals surface area contributed by atoms with Crippen molar-refractivity contribution in [2.45, 2.75) is 64.3 Å². The number of carbonyl (C=O) groups excluding carboxylic acids is 2. The second-order valence-electron chi connectivity index (χ2n) is 4.53. The van der Waals surface area contributed by atoms with Gasteiger partial charge in [-0.15, -0.1) is 0 Å². The molecule has 0 spiro atoms. The SMILES string of the molecule is CCCCCCCC(=O)N[C@@H](CCC(=O)[O-])C(=O)O.[K+]. The fourth-order valence-electron chi connectivity index (χ4n) is 1.68. The molecule has 0 saturated heterocycles. The van der Waals surface area contributed by atoms with Crippen LogP contribution in [0.5, 0.6) is 0 Å². The summed E-state index contributed by atoms with van der Waals surface area (Å²) in [6.45, 7) is 2.10. The maximum atomic E-state index is 11.5. The minimum Gasteiger partial charge on any atom is -0.550 e. The number of nitrogens with one attached hydrogen (secondary N) is 1. The van der Waals surface area contributed by atoms with Crippen LogP contribution in [0.1, 0.15) is 58.3 Å². The van der Waals surface area contributed by atoms with Gasteiger partial charge in [-0.1, -0.05) is 32.6 Å². The summed E-state index contributed by atoms with van der Waals surface area (Å²) in [5.41, 5.74) is 0. The van der Waals surface area contributed by atoms with Crippen LogP contribution in [-0.4, -0.2) is 29.0 Å². The molecule has 1 amide bonds. The number of carbonyl (C=O) groups is 3. The molecule has 0 aromatic carbocycles. The molecule has 0 aliphatic rings. The van der Waals surface area contributed by atoms with E-state index in [9.17, 15) is 19.5 Å². The van der Waals surface area contributed by atoms with Crippen LogP contribution in [0.15, 0.2) is 0 Å². The van der Waals surface area contributed by atoms with E-state index in [4.69, 9.17) is 5.11 Å². The molecule has 2 N–H and O–H groups in total. The largest absolute Gasteiger partial charge is 1.00 e. The van der Waals surface area contributed by atoms with Crippen molar-refractivity contribution in [2.24, 2.45) is 0 Å². The van der Waals surface area contributed by atoms with Crippen molar-refractivity contribution in [2.75, 3.05) is 0 Å². The van der Waals surface area contributed by atoms with Crippen LogP contribution in [0, 0.1) is 0 Å². The standard InChI is InChI=1S/C13H23NO5.K/c1-2-3-4-5-6-7-11(15)14-10(13(18)19)8-9-12(16)17;/h10H,2-9H2,1H3,(H,14,15)(H,16,17)(H,18,19);/q;+1/p-1/t10-;/m0./s1. The number of hydrogen-bond acceptors (Lipinski definition) is 4. The van der Waals surface area contributed by atoms with Crippen LogP contribution in [0.2, 0.25) is 0 Å². The van der Waals surface area contributed by atoms with E-state index in [1.165, 1.54) is 0 Å². The molecule has 0 aromatic rings. The third kappa shape index (κ3) is 13.0. The molecule has 0 bridgehead atoms. The van der Waals surface area contributed by atoms with Crippen molar-refractivity contribution in [1.29, 1.82) is 0 Å². The first-order valence-electron chi connectivity index (χ1n) is 6.69. The predicted molar refractivity (Wildman–Crippen MR) is 67.2 cm³/mol. The zero-order valence-electron chi connectivity index (χ0n) is 12.3. The van der Waals surface area contributed by atoms with Gasteiger partial charge in [-0.05, 0) is 19.3 Å². The molecule has 6 nitrogen and oxygen atoms in total. The van der Waals surface area contributed by atoms with Gasteiger partial charge in [0.2, 0.25) is 5.91 Å². The van der Waals surface area contributed by atoms with Crippen molar-refractivity contribution in [3.63, 3.8) is 0 Å². The summed E-state index contributed by atoms with van der Waals surface area (Å²) in [6.07, 6.45) is 4.72. The Labute approximate surface area is 162 Å². The van der Waals surface area contributed by atoms with Crippen molar-refractivity contribution in [3.05, 3.63) is 0 Å². The molecule has 1 atom stereocenters.